The van der Waals surface area contributed by atoms with E-state index in [9.17, 15) is 23.6 Å². The molecule has 4 aromatic rings. The minimum absolute atomic E-state index is 0.0200. The van der Waals surface area contributed by atoms with Crippen LogP contribution in [0.1, 0.15) is 11.1 Å². The smallest absolute Gasteiger partial charge is 0.270 e. The fourth-order valence-corrected chi connectivity index (χ4v) is 7.02. The van der Waals surface area contributed by atoms with Crippen molar-refractivity contribution in [3.05, 3.63) is 119 Å². The summed E-state index contributed by atoms with van der Waals surface area (Å²) in [5.74, 6) is 0.327. The molecule has 0 bridgehead atoms. The van der Waals surface area contributed by atoms with Crippen molar-refractivity contribution in [2.24, 2.45) is 0 Å². The van der Waals surface area contributed by atoms with E-state index in [-0.39, 0.29) is 10.6 Å². The van der Waals surface area contributed by atoms with Crippen LogP contribution in [0.5, 0.6) is 0 Å². The zero-order valence-corrected chi connectivity index (χ0v) is 22.7. The van der Waals surface area contributed by atoms with Crippen LogP contribution in [-0.4, -0.2) is 38.4 Å². The van der Waals surface area contributed by atoms with Crippen LogP contribution in [0.2, 0.25) is 0 Å². The number of aliphatic hydroxyl groups is 1. The van der Waals surface area contributed by atoms with Gasteiger partial charge in [0.05, 0.1) is 15.6 Å². The number of hydrogen-bond donors (Lipinski definition) is 2. The van der Waals surface area contributed by atoms with Gasteiger partial charge >= 0.3 is 0 Å². The number of aromatic nitrogens is 1. The summed E-state index contributed by atoms with van der Waals surface area (Å²) in [7, 11) is -4.06. The van der Waals surface area contributed by atoms with Gasteiger partial charge in [-0.05, 0) is 35.4 Å². The van der Waals surface area contributed by atoms with Gasteiger partial charge in [-0.3, -0.25) is 19.8 Å². The summed E-state index contributed by atoms with van der Waals surface area (Å²) in [6.07, 6.45) is 3.39. The number of nitrogens with zero attached hydrogens (tertiary/aromatic N) is 3. The van der Waals surface area contributed by atoms with Crippen LogP contribution in [0.25, 0.3) is 11.1 Å². The summed E-state index contributed by atoms with van der Waals surface area (Å²) in [6, 6.07) is 22.3. The molecular formula is C27H22N4O5S3. The van der Waals surface area contributed by atoms with E-state index in [1.54, 1.807) is 65.8 Å². The van der Waals surface area contributed by atoms with E-state index in [2.05, 4.69) is 9.71 Å². The number of anilines is 1. The van der Waals surface area contributed by atoms with Gasteiger partial charge < -0.3 is 10.0 Å². The van der Waals surface area contributed by atoms with Crippen molar-refractivity contribution >= 4 is 49.7 Å². The topological polar surface area (TPSA) is 126 Å². The lowest BCUT2D eigenvalue weighted by Crippen LogP contribution is -2.44. The maximum atomic E-state index is 13.4. The van der Waals surface area contributed by atoms with Crippen molar-refractivity contribution < 1.29 is 18.4 Å². The standard InChI is InChI=1S/C27H22N4O5S3/c32-27(18-38-26(37)30(27)17-19-5-4-14-28-16-19)21-10-12-22(13-11-21)29-39(35,36)25-9-2-1-8-24(25)20-6-3-7-23(15-20)31(33)34/h1-16,29,32H,17-18H2. The molecule has 0 amide bonds. The third kappa shape index (κ3) is 5.50. The first-order valence-electron chi connectivity index (χ1n) is 11.7. The zero-order valence-electron chi connectivity index (χ0n) is 20.3. The van der Waals surface area contributed by atoms with E-state index in [1.807, 2.05) is 12.1 Å². The molecule has 39 heavy (non-hydrogen) atoms. The van der Waals surface area contributed by atoms with E-state index in [0.717, 1.165) is 5.56 Å². The SMILES string of the molecule is O=[N+]([O-])c1cccc(-c2ccccc2S(=O)(=O)Nc2ccc(C3(O)CSC(=S)N3Cc3cccnc3)cc2)c1. The third-order valence-corrected chi connectivity index (χ3v) is 9.30. The average Bonchev–Trinajstić information content (AvgIpc) is 3.23. The summed E-state index contributed by atoms with van der Waals surface area (Å²) in [5, 5.41) is 22.8. The van der Waals surface area contributed by atoms with Crippen LogP contribution in [0.3, 0.4) is 0 Å². The average molecular weight is 579 g/mol. The van der Waals surface area contributed by atoms with Gasteiger partial charge in [-0.1, -0.05) is 72.5 Å². The molecule has 2 heterocycles. The Morgan fingerprint density at radius 3 is 2.56 bits per heavy atom. The van der Waals surface area contributed by atoms with Gasteiger partial charge in [-0.2, -0.15) is 0 Å². The van der Waals surface area contributed by atoms with E-state index in [0.29, 0.717) is 39.0 Å². The fourth-order valence-electron chi connectivity index (χ4n) is 4.32. The number of thioether (sulfide) groups is 1. The first-order chi connectivity index (χ1) is 18.7. The molecule has 1 aliphatic rings. The minimum atomic E-state index is -4.06. The maximum absolute atomic E-state index is 13.4. The number of thiocarbonyl (C=S) groups is 1. The molecular weight excluding hydrogens is 557 g/mol. The number of benzene rings is 3. The van der Waals surface area contributed by atoms with E-state index < -0.39 is 20.7 Å². The van der Waals surface area contributed by atoms with Crippen LogP contribution in [0, 0.1) is 10.1 Å². The maximum Gasteiger partial charge on any atom is 0.270 e. The number of rotatable bonds is 8. The second-order valence-corrected chi connectivity index (χ2v) is 12.1. The first-order valence-corrected chi connectivity index (χ1v) is 14.6. The molecule has 0 radical (unpaired) electrons. The Bertz CT molecular complexity index is 1650. The van der Waals surface area contributed by atoms with Crippen molar-refractivity contribution in [1.29, 1.82) is 0 Å². The summed E-state index contributed by atoms with van der Waals surface area (Å²) in [5.41, 5.74) is 0.995. The summed E-state index contributed by atoms with van der Waals surface area (Å²) < 4.78 is 29.9. The highest BCUT2D eigenvalue weighted by atomic mass is 32.2. The molecule has 9 nitrogen and oxygen atoms in total. The van der Waals surface area contributed by atoms with Crippen molar-refractivity contribution in [2.75, 3.05) is 10.5 Å². The highest BCUT2D eigenvalue weighted by Gasteiger charge is 2.44. The summed E-state index contributed by atoms with van der Waals surface area (Å²) in [6.45, 7) is 0.374. The quantitative estimate of drug-likeness (QED) is 0.166. The predicted molar refractivity (Wildman–Crippen MR) is 155 cm³/mol. The lowest BCUT2D eigenvalue weighted by atomic mass is 10.0. The lowest BCUT2D eigenvalue weighted by Gasteiger charge is -2.34. The summed E-state index contributed by atoms with van der Waals surface area (Å²) >= 11 is 6.87. The molecule has 0 saturated carbocycles. The van der Waals surface area contributed by atoms with Gasteiger partial charge in [0, 0.05) is 47.9 Å². The fraction of sp³-hybridized carbons (Fsp3) is 0.111. The first kappa shape index (κ1) is 26.8. The van der Waals surface area contributed by atoms with Crippen LogP contribution in [-0.2, 0) is 22.3 Å². The van der Waals surface area contributed by atoms with Crippen LogP contribution in [0.4, 0.5) is 11.4 Å². The molecule has 12 heteroatoms. The van der Waals surface area contributed by atoms with Gasteiger partial charge in [-0.15, -0.1) is 0 Å². The minimum Gasteiger partial charge on any atom is -0.366 e. The molecule has 1 aliphatic heterocycles. The number of hydrogen-bond acceptors (Lipinski definition) is 8. The molecule has 1 atom stereocenters. The molecule has 1 unspecified atom stereocenters. The summed E-state index contributed by atoms with van der Waals surface area (Å²) in [4.78, 5) is 16.5. The normalized spacial score (nSPS) is 17.3. The Kier molecular flexibility index (Phi) is 7.36. The van der Waals surface area contributed by atoms with Crippen molar-refractivity contribution in [1.82, 2.24) is 9.88 Å². The molecule has 198 valence electrons. The molecule has 1 saturated heterocycles. The predicted octanol–water partition coefficient (Wildman–Crippen LogP) is 5.14. The van der Waals surface area contributed by atoms with Crippen molar-refractivity contribution in [2.45, 2.75) is 17.2 Å². The van der Waals surface area contributed by atoms with Crippen molar-refractivity contribution in [3.63, 3.8) is 0 Å². The Hall–Kier alpha value is -3.84. The second kappa shape index (κ2) is 10.7. The van der Waals surface area contributed by atoms with Gasteiger partial charge in [-0.25, -0.2) is 8.42 Å². The molecule has 0 spiro atoms. The molecule has 5 rings (SSSR count). The number of nitrogens with one attached hydrogen (secondary N) is 1. The van der Waals surface area contributed by atoms with Crippen LogP contribution >= 0.6 is 24.0 Å². The second-order valence-electron chi connectivity index (χ2n) is 8.81. The van der Waals surface area contributed by atoms with Crippen molar-refractivity contribution in [3.8, 4) is 11.1 Å². The third-order valence-electron chi connectivity index (χ3n) is 6.27. The highest BCUT2D eigenvalue weighted by molar-refractivity contribution is 8.23. The monoisotopic (exact) mass is 578 g/mol. The van der Waals surface area contributed by atoms with Gasteiger partial charge in [0.25, 0.3) is 15.7 Å². The van der Waals surface area contributed by atoms with Gasteiger partial charge in [0.2, 0.25) is 0 Å². The number of nitro groups is 1. The van der Waals surface area contributed by atoms with Crippen LogP contribution in [0.15, 0.2) is 102 Å². The zero-order chi connectivity index (χ0) is 27.6. The number of nitro benzene ring substituents is 1. The molecule has 3 aromatic carbocycles. The Balaban J connectivity index is 1.40. The Morgan fingerprint density at radius 2 is 1.85 bits per heavy atom. The van der Waals surface area contributed by atoms with E-state index in [4.69, 9.17) is 12.2 Å². The molecule has 0 aliphatic carbocycles. The van der Waals surface area contributed by atoms with Gasteiger partial charge in [0.15, 0.2) is 5.72 Å². The van der Waals surface area contributed by atoms with Gasteiger partial charge in [0.1, 0.15) is 4.32 Å². The highest BCUT2D eigenvalue weighted by Crippen LogP contribution is 2.40. The van der Waals surface area contributed by atoms with E-state index >= 15 is 0 Å². The number of pyridine rings is 1. The number of non-ortho nitro benzene ring substituents is 1. The largest absolute Gasteiger partial charge is 0.366 e. The van der Waals surface area contributed by atoms with Crippen LogP contribution < -0.4 is 4.72 Å². The Morgan fingerprint density at radius 1 is 1.08 bits per heavy atom. The molecule has 1 aromatic heterocycles. The van der Waals surface area contributed by atoms with E-state index in [1.165, 1.54) is 36.0 Å². The molecule has 2 N–H and O–H groups in total. The Labute approximate surface area is 234 Å². The molecule has 1 fully saturated rings. The number of sulfonamides is 1. The lowest BCUT2D eigenvalue weighted by molar-refractivity contribution is -0.384.